The average Bonchev–Trinajstić information content (AvgIpc) is 2.88. The fourth-order valence-corrected chi connectivity index (χ4v) is 3.70. The average molecular weight is 277 g/mol. The topological polar surface area (TPSA) is 43.8 Å². The molecule has 0 aromatic carbocycles. The Morgan fingerprint density at radius 1 is 1.35 bits per heavy atom. The van der Waals surface area contributed by atoms with Crippen LogP contribution < -0.4 is 5.73 Å². The van der Waals surface area contributed by atoms with Gasteiger partial charge in [-0.15, -0.1) is 0 Å². The van der Waals surface area contributed by atoms with E-state index in [1.54, 1.807) is 0 Å². The molecule has 1 heterocycles. The first-order valence-electron chi connectivity index (χ1n) is 8.38. The number of hydrogen-bond acceptors (Lipinski definition) is 2. The Morgan fingerprint density at radius 3 is 2.75 bits per heavy atom. The van der Waals surface area contributed by atoms with E-state index >= 15 is 0 Å². The second kappa shape index (κ2) is 7.26. The van der Waals surface area contributed by atoms with Crippen molar-refractivity contribution in [3.05, 3.63) is 18.0 Å². The Kier molecular flexibility index (Phi) is 5.64. The molecule has 1 aromatic heterocycles. The van der Waals surface area contributed by atoms with Crippen LogP contribution in [0.25, 0.3) is 0 Å². The van der Waals surface area contributed by atoms with E-state index in [-0.39, 0.29) is 0 Å². The third-order valence-corrected chi connectivity index (χ3v) is 4.91. The molecule has 0 saturated heterocycles. The van der Waals surface area contributed by atoms with Crippen molar-refractivity contribution in [1.82, 2.24) is 9.78 Å². The number of rotatable bonds is 6. The molecule has 1 fully saturated rings. The second-order valence-electron chi connectivity index (χ2n) is 6.81. The van der Waals surface area contributed by atoms with Gasteiger partial charge < -0.3 is 5.73 Å². The van der Waals surface area contributed by atoms with Gasteiger partial charge in [0.15, 0.2) is 0 Å². The summed E-state index contributed by atoms with van der Waals surface area (Å²) >= 11 is 0. The van der Waals surface area contributed by atoms with Crippen LogP contribution in [0.2, 0.25) is 0 Å². The zero-order valence-electron chi connectivity index (χ0n) is 13.4. The first-order valence-corrected chi connectivity index (χ1v) is 8.38. The predicted octanol–water partition coefficient (Wildman–Crippen LogP) is 3.80. The zero-order chi connectivity index (χ0) is 14.5. The minimum Gasteiger partial charge on any atom is -0.330 e. The lowest BCUT2D eigenvalue weighted by atomic mass is 9.71. The summed E-state index contributed by atoms with van der Waals surface area (Å²) in [6.07, 6.45) is 9.97. The SMILES string of the molecule is CCCC1CCC(CN)C(Cc2ccn(C(C)C)n2)C1. The maximum Gasteiger partial charge on any atom is 0.0627 e. The molecular weight excluding hydrogens is 246 g/mol. The lowest BCUT2D eigenvalue weighted by Gasteiger charge is -2.35. The highest BCUT2D eigenvalue weighted by atomic mass is 15.3. The number of nitrogens with zero attached hydrogens (tertiary/aromatic N) is 2. The van der Waals surface area contributed by atoms with E-state index in [4.69, 9.17) is 10.8 Å². The van der Waals surface area contributed by atoms with E-state index in [0.29, 0.717) is 12.0 Å². The monoisotopic (exact) mass is 277 g/mol. The fraction of sp³-hybridized carbons (Fsp3) is 0.824. The van der Waals surface area contributed by atoms with Crippen LogP contribution in [0.15, 0.2) is 12.3 Å². The van der Waals surface area contributed by atoms with Crippen molar-refractivity contribution in [1.29, 1.82) is 0 Å². The molecule has 1 aromatic rings. The van der Waals surface area contributed by atoms with Gasteiger partial charge in [0, 0.05) is 12.2 Å². The van der Waals surface area contributed by atoms with Crippen molar-refractivity contribution in [3.8, 4) is 0 Å². The van der Waals surface area contributed by atoms with Crippen molar-refractivity contribution < 1.29 is 0 Å². The molecule has 0 spiro atoms. The molecule has 3 heteroatoms. The molecule has 3 atom stereocenters. The van der Waals surface area contributed by atoms with E-state index in [1.165, 1.54) is 37.8 Å². The smallest absolute Gasteiger partial charge is 0.0627 e. The Hall–Kier alpha value is -0.830. The number of nitrogens with two attached hydrogens (primary N) is 1. The lowest BCUT2D eigenvalue weighted by Crippen LogP contribution is -2.31. The van der Waals surface area contributed by atoms with E-state index < -0.39 is 0 Å². The molecule has 1 aliphatic rings. The van der Waals surface area contributed by atoms with Gasteiger partial charge in [-0.2, -0.15) is 5.10 Å². The van der Waals surface area contributed by atoms with Gasteiger partial charge in [0.1, 0.15) is 0 Å². The van der Waals surface area contributed by atoms with E-state index in [9.17, 15) is 0 Å². The maximum absolute atomic E-state index is 5.99. The van der Waals surface area contributed by atoms with Gasteiger partial charge in [0.25, 0.3) is 0 Å². The Labute approximate surface area is 123 Å². The first kappa shape index (κ1) is 15.6. The van der Waals surface area contributed by atoms with Gasteiger partial charge in [0.05, 0.1) is 5.69 Å². The van der Waals surface area contributed by atoms with Crippen LogP contribution in [0.4, 0.5) is 0 Å². The summed E-state index contributed by atoms with van der Waals surface area (Å²) in [5, 5.41) is 4.72. The van der Waals surface area contributed by atoms with Crippen molar-refractivity contribution >= 4 is 0 Å². The van der Waals surface area contributed by atoms with Gasteiger partial charge in [-0.25, -0.2) is 0 Å². The van der Waals surface area contributed by atoms with Crippen LogP contribution >= 0.6 is 0 Å². The van der Waals surface area contributed by atoms with Crippen LogP contribution in [0, 0.1) is 17.8 Å². The molecule has 0 radical (unpaired) electrons. The molecule has 0 bridgehead atoms. The highest BCUT2D eigenvalue weighted by molar-refractivity contribution is 5.02. The van der Waals surface area contributed by atoms with Crippen LogP contribution in [0.5, 0.6) is 0 Å². The minimum atomic E-state index is 0.452. The highest BCUT2D eigenvalue weighted by Crippen LogP contribution is 2.37. The van der Waals surface area contributed by atoms with E-state index in [1.807, 2.05) is 0 Å². The van der Waals surface area contributed by atoms with Crippen molar-refractivity contribution in [2.45, 2.75) is 65.3 Å². The summed E-state index contributed by atoms with van der Waals surface area (Å²) in [4.78, 5) is 0. The summed E-state index contributed by atoms with van der Waals surface area (Å²) in [5.41, 5.74) is 7.24. The van der Waals surface area contributed by atoms with Crippen molar-refractivity contribution in [3.63, 3.8) is 0 Å². The molecule has 3 unspecified atom stereocenters. The number of aromatic nitrogens is 2. The summed E-state index contributed by atoms with van der Waals surface area (Å²) < 4.78 is 2.07. The Morgan fingerprint density at radius 2 is 2.15 bits per heavy atom. The van der Waals surface area contributed by atoms with Crippen LogP contribution in [-0.2, 0) is 6.42 Å². The Balaban J connectivity index is 1.99. The molecule has 1 aliphatic carbocycles. The number of hydrogen-bond donors (Lipinski definition) is 1. The third kappa shape index (κ3) is 3.85. The quantitative estimate of drug-likeness (QED) is 0.859. The lowest BCUT2D eigenvalue weighted by molar-refractivity contribution is 0.174. The molecule has 0 aliphatic heterocycles. The maximum atomic E-state index is 5.99. The predicted molar refractivity (Wildman–Crippen MR) is 84.6 cm³/mol. The largest absolute Gasteiger partial charge is 0.330 e. The molecule has 2 rings (SSSR count). The van der Waals surface area contributed by atoms with E-state index in [0.717, 1.165) is 24.8 Å². The minimum absolute atomic E-state index is 0.452. The van der Waals surface area contributed by atoms with Gasteiger partial charge >= 0.3 is 0 Å². The Bertz CT molecular complexity index is 397. The summed E-state index contributed by atoms with van der Waals surface area (Å²) in [7, 11) is 0. The second-order valence-corrected chi connectivity index (χ2v) is 6.81. The summed E-state index contributed by atoms with van der Waals surface area (Å²) in [6, 6.07) is 2.64. The standard InChI is InChI=1S/C17H31N3/c1-4-5-14-6-7-15(12-18)16(10-14)11-17-8-9-20(19-17)13(2)3/h8-9,13-16H,4-7,10-12,18H2,1-3H3. The highest BCUT2D eigenvalue weighted by Gasteiger charge is 2.29. The van der Waals surface area contributed by atoms with Crippen LogP contribution in [0.1, 0.15) is 64.6 Å². The molecular formula is C17H31N3. The molecule has 0 amide bonds. The van der Waals surface area contributed by atoms with E-state index in [2.05, 4.69) is 37.7 Å². The summed E-state index contributed by atoms with van der Waals surface area (Å²) in [5.74, 6) is 2.35. The normalized spacial score (nSPS) is 27.1. The van der Waals surface area contributed by atoms with Gasteiger partial charge in [-0.3, -0.25) is 4.68 Å². The molecule has 20 heavy (non-hydrogen) atoms. The molecule has 2 N–H and O–H groups in total. The molecule has 3 nitrogen and oxygen atoms in total. The van der Waals surface area contributed by atoms with Crippen LogP contribution in [-0.4, -0.2) is 16.3 Å². The van der Waals surface area contributed by atoms with Gasteiger partial charge in [0.2, 0.25) is 0 Å². The molecule has 114 valence electrons. The first-order chi connectivity index (χ1) is 9.63. The van der Waals surface area contributed by atoms with Crippen LogP contribution in [0.3, 0.4) is 0 Å². The van der Waals surface area contributed by atoms with Gasteiger partial charge in [-0.05, 0) is 63.5 Å². The van der Waals surface area contributed by atoms with Crippen molar-refractivity contribution in [2.75, 3.05) is 6.54 Å². The fourth-order valence-electron chi connectivity index (χ4n) is 3.70. The van der Waals surface area contributed by atoms with Gasteiger partial charge in [-0.1, -0.05) is 26.2 Å². The zero-order valence-corrected chi connectivity index (χ0v) is 13.4. The van der Waals surface area contributed by atoms with Crippen molar-refractivity contribution in [2.24, 2.45) is 23.5 Å². The summed E-state index contributed by atoms with van der Waals surface area (Å²) in [6.45, 7) is 7.50. The molecule has 1 saturated carbocycles. The third-order valence-electron chi connectivity index (χ3n) is 4.91.